The predicted octanol–water partition coefficient (Wildman–Crippen LogP) is 5.23. The predicted molar refractivity (Wildman–Crippen MR) is 202 cm³/mol. The van der Waals surface area contributed by atoms with E-state index >= 15 is 0 Å². The van der Waals surface area contributed by atoms with Crippen molar-refractivity contribution < 1.29 is 33.3 Å². The van der Waals surface area contributed by atoms with Crippen molar-refractivity contribution in [2.75, 3.05) is 19.6 Å². The van der Waals surface area contributed by atoms with Crippen molar-refractivity contribution >= 4 is 11.9 Å². The van der Waals surface area contributed by atoms with Gasteiger partial charge in [-0.1, -0.05) is 91.0 Å². The van der Waals surface area contributed by atoms with Gasteiger partial charge in [0.05, 0.1) is 75.4 Å². The fourth-order valence-electron chi connectivity index (χ4n) is 6.30. The van der Waals surface area contributed by atoms with E-state index in [1.165, 1.54) is 0 Å². The van der Waals surface area contributed by atoms with Crippen LogP contribution in [0.25, 0.3) is 0 Å². The Morgan fingerprint density at radius 2 is 0.887 bits per heavy atom. The van der Waals surface area contributed by atoms with Crippen LogP contribution in [0, 0.1) is 11.3 Å². The second kappa shape index (κ2) is 20.3. The normalized spacial score (nSPS) is 21.8. The number of benzene rings is 3. The van der Waals surface area contributed by atoms with Crippen LogP contribution in [0.5, 0.6) is 0 Å². The molecule has 3 aromatic rings. The first-order chi connectivity index (χ1) is 25.3. The molecule has 3 aromatic carbocycles. The van der Waals surface area contributed by atoms with E-state index in [1.54, 1.807) is 0 Å². The summed E-state index contributed by atoms with van der Waals surface area (Å²) in [4.78, 5) is 26.4. The second-order valence-corrected chi connectivity index (χ2v) is 15.2. The SMILES string of the molecule is CC(C)(C)OC(=O)CN[C@@H]1C(OCc2ccccc2)[C@H](NCC(=O)OC(C)(C)C)[C@H](OCc2ccccc2)C(NCCC#N)[C@@H]1OCc1ccccc1. The minimum Gasteiger partial charge on any atom is -0.459 e. The zero-order valence-electron chi connectivity index (χ0n) is 31.9. The molecule has 6 atom stereocenters. The molecule has 0 bridgehead atoms. The highest BCUT2D eigenvalue weighted by molar-refractivity contribution is 5.72. The second-order valence-electron chi connectivity index (χ2n) is 15.2. The van der Waals surface area contributed by atoms with Crippen LogP contribution in [0.2, 0.25) is 0 Å². The van der Waals surface area contributed by atoms with E-state index in [2.05, 4.69) is 22.0 Å². The van der Waals surface area contributed by atoms with Crippen LogP contribution in [0.4, 0.5) is 0 Å². The molecule has 3 N–H and O–H groups in total. The number of nitrogens with zero attached hydrogens (tertiary/aromatic N) is 1. The molecule has 2 unspecified atom stereocenters. The Bertz CT molecular complexity index is 1480. The molecule has 53 heavy (non-hydrogen) atoms. The number of carbonyl (C=O) groups is 2. The Kier molecular flexibility index (Phi) is 16.0. The van der Waals surface area contributed by atoms with E-state index in [1.807, 2.05) is 133 Å². The number of carbonyl (C=O) groups excluding carboxylic acids is 2. The van der Waals surface area contributed by atoms with E-state index < -0.39 is 59.6 Å². The van der Waals surface area contributed by atoms with Crippen molar-refractivity contribution in [2.24, 2.45) is 0 Å². The zero-order chi connectivity index (χ0) is 38.3. The molecule has 1 fully saturated rings. The van der Waals surface area contributed by atoms with Crippen LogP contribution < -0.4 is 16.0 Å². The summed E-state index contributed by atoms with van der Waals surface area (Å²) in [7, 11) is 0. The molecule has 1 saturated carbocycles. The molecule has 0 aliphatic heterocycles. The van der Waals surface area contributed by atoms with Crippen molar-refractivity contribution in [3.05, 3.63) is 108 Å². The maximum Gasteiger partial charge on any atom is 0.320 e. The van der Waals surface area contributed by atoms with E-state index in [0.29, 0.717) is 6.54 Å². The summed E-state index contributed by atoms with van der Waals surface area (Å²) in [6, 6.07) is 29.9. The van der Waals surface area contributed by atoms with Gasteiger partial charge in [-0.2, -0.15) is 5.26 Å². The lowest BCUT2D eigenvalue weighted by molar-refractivity contribution is -0.170. The average molecular weight is 729 g/mol. The maximum atomic E-state index is 13.2. The molecule has 1 aliphatic carbocycles. The number of rotatable bonds is 18. The topological polar surface area (TPSA) is 140 Å². The number of ether oxygens (including phenoxy) is 5. The molecule has 0 amide bonds. The van der Waals surface area contributed by atoms with Gasteiger partial charge in [-0.05, 0) is 58.2 Å². The van der Waals surface area contributed by atoms with Crippen molar-refractivity contribution in [3.8, 4) is 6.07 Å². The van der Waals surface area contributed by atoms with Crippen LogP contribution >= 0.6 is 0 Å². The van der Waals surface area contributed by atoms with Gasteiger partial charge in [0.15, 0.2) is 0 Å². The average Bonchev–Trinajstić information content (AvgIpc) is 3.11. The summed E-state index contributed by atoms with van der Waals surface area (Å²) in [5.41, 5.74) is 1.49. The molecular weight excluding hydrogens is 672 g/mol. The number of nitrogens with one attached hydrogen (secondary N) is 3. The number of hydrogen-bond acceptors (Lipinski definition) is 11. The van der Waals surface area contributed by atoms with Crippen molar-refractivity contribution in [3.63, 3.8) is 0 Å². The van der Waals surface area contributed by atoms with E-state index in [9.17, 15) is 14.9 Å². The molecule has 286 valence electrons. The number of esters is 2. The molecular formula is C42H56N4O7. The van der Waals surface area contributed by atoms with E-state index in [4.69, 9.17) is 23.7 Å². The smallest absolute Gasteiger partial charge is 0.320 e. The third-order valence-electron chi connectivity index (χ3n) is 8.40. The number of hydrogen-bond donors (Lipinski definition) is 3. The van der Waals surface area contributed by atoms with Gasteiger partial charge in [-0.25, -0.2) is 0 Å². The van der Waals surface area contributed by atoms with Crippen LogP contribution in [0.15, 0.2) is 91.0 Å². The lowest BCUT2D eigenvalue weighted by Gasteiger charge is -2.51. The van der Waals surface area contributed by atoms with Gasteiger partial charge < -0.3 is 29.0 Å². The van der Waals surface area contributed by atoms with Gasteiger partial charge in [-0.15, -0.1) is 0 Å². The molecule has 1 aliphatic rings. The Balaban J connectivity index is 1.80. The molecule has 0 spiro atoms. The summed E-state index contributed by atoms with van der Waals surface area (Å²) in [6.45, 7) is 11.8. The van der Waals surface area contributed by atoms with E-state index in [0.717, 1.165) is 16.7 Å². The zero-order valence-corrected chi connectivity index (χ0v) is 31.9. The van der Waals surface area contributed by atoms with Gasteiger partial charge in [0, 0.05) is 13.0 Å². The van der Waals surface area contributed by atoms with Crippen LogP contribution in [0.1, 0.15) is 64.7 Å². The van der Waals surface area contributed by atoms with Gasteiger partial charge in [0.2, 0.25) is 0 Å². The summed E-state index contributed by atoms with van der Waals surface area (Å²) < 4.78 is 31.9. The minimum atomic E-state index is -0.698. The molecule has 0 aromatic heterocycles. The lowest BCUT2D eigenvalue weighted by Crippen LogP contribution is -2.75. The Labute approximate surface area is 314 Å². The lowest BCUT2D eigenvalue weighted by atomic mass is 9.78. The summed E-state index contributed by atoms with van der Waals surface area (Å²) in [5, 5.41) is 20.0. The summed E-state index contributed by atoms with van der Waals surface area (Å²) >= 11 is 0. The fourth-order valence-corrected chi connectivity index (χ4v) is 6.30. The summed E-state index contributed by atoms with van der Waals surface area (Å²) in [5.74, 6) is -0.869. The fraction of sp³-hybridized carbons (Fsp3) is 0.500. The minimum absolute atomic E-state index is 0.127. The molecule has 0 radical (unpaired) electrons. The van der Waals surface area contributed by atoms with Gasteiger partial charge in [0.1, 0.15) is 11.2 Å². The Hall–Kier alpha value is -4.15. The van der Waals surface area contributed by atoms with Gasteiger partial charge in [-0.3, -0.25) is 20.2 Å². The first-order valence-corrected chi connectivity index (χ1v) is 18.3. The third-order valence-corrected chi connectivity index (χ3v) is 8.40. The Morgan fingerprint density at radius 1 is 0.566 bits per heavy atom. The molecule has 4 rings (SSSR count). The maximum absolute atomic E-state index is 13.2. The number of nitriles is 1. The van der Waals surface area contributed by atoms with Crippen molar-refractivity contribution in [1.29, 1.82) is 5.26 Å². The van der Waals surface area contributed by atoms with Crippen LogP contribution in [0.3, 0.4) is 0 Å². The third kappa shape index (κ3) is 14.3. The molecule has 0 heterocycles. The van der Waals surface area contributed by atoms with Crippen molar-refractivity contribution in [1.82, 2.24) is 16.0 Å². The largest absolute Gasteiger partial charge is 0.459 e. The quantitative estimate of drug-likeness (QED) is 0.117. The molecule has 11 nitrogen and oxygen atoms in total. The van der Waals surface area contributed by atoms with Crippen LogP contribution in [-0.4, -0.2) is 79.2 Å². The highest BCUT2D eigenvalue weighted by Gasteiger charge is 2.53. The Morgan fingerprint density at radius 3 is 1.19 bits per heavy atom. The van der Waals surface area contributed by atoms with Gasteiger partial charge >= 0.3 is 11.9 Å². The highest BCUT2D eigenvalue weighted by atomic mass is 16.6. The first kappa shape index (κ1) is 41.6. The molecule has 0 saturated heterocycles. The first-order valence-electron chi connectivity index (χ1n) is 18.3. The van der Waals surface area contributed by atoms with Crippen molar-refractivity contribution in [2.45, 2.75) is 115 Å². The standard InChI is InChI=1S/C42H56N4O7/c1-41(2,3)52-33(47)25-45-36-38(49-27-30-17-10-7-11-18-30)35(44-24-16-23-43)39(50-28-31-19-12-8-13-20-31)37(46-26-34(48)53-42(4,5)6)40(36)51-29-32-21-14-9-15-22-32/h7-15,17-22,35-40,44-46H,16,24-29H2,1-6H3/t35?,36-,37+,38-,39+,40?. The monoisotopic (exact) mass is 728 g/mol. The highest BCUT2D eigenvalue weighted by Crippen LogP contribution is 2.31. The summed E-state index contributed by atoms with van der Waals surface area (Å²) in [6.07, 6.45) is -1.74. The van der Waals surface area contributed by atoms with E-state index in [-0.39, 0.29) is 39.3 Å². The molecule has 11 heteroatoms. The van der Waals surface area contributed by atoms with Gasteiger partial charge in [0.25, 0.3) is 0 Å². The van der Waals surface area contributed by atoms with Crippen LogP contribution in [-0.2, 0) is 53.1 Å².